The van der Waals surface area contributed by atoms with Crippen LogP contribution in [0.25, 0.3) is 0 Å². The number of rotatable bonds is 9. The molecule has 0 amide bonds. The SMILES string of the molecule is CCCNC(=C[N+](=O)[O-])C(N)CCCCN. The van der Waals surface area contributed by atoms with Gasteiger partial charge in [-0.05, 0) is 25.8 Å². The quantitative estimate of drug-likeness (QED) is 0.305. The fourth-order valence-corrected chi connectivity index (χ4v) is 1.32. The third-order valence-corrected chi connectivity index (χ3v) is 2.19. The van der Waals surface area contributed by atoms with Crippen LogP contribution in [0.5, 0.6) is 0 Å². The fourth-order valence-electron chi connectivity index (χ4n) is 1.32. The molecule has 0 aliphatic carbocycles. The van der Waals surface area contributed by atoms with Gasteiger partial charge in [-0.25, -0.2) is 0 Å². The first-order valence-corrected chi connectivity index (χ1v) is 5.66. The highest BCUT2D eigenvalue weighted by Gasteiger charge is 2.12. The van der Waals surface area contributed by atoms with Crippen LogP contribution in [-0.2, 0) is 0 Å². The van der Waals surface area contributed by atoms with Crippen LogP contribution in [0.15, 0.2) is 11.9 Å². The molecule has 0 bridgehead atoms. The van der Waals surface area contributed by atoms with Crippen LogP contribution in [0, 0.1) is 10.1 Å². The van der Waals surface area contributed by atoms with E-state index in [2.05, 4.69) is 5.32 Å². The molecule has 0 aromatic heterocycles. The Morgan fingerprint density at radius 2 is 2.25 bits per heavy atom. The molecule has 0 fully saturated rings. The number of unbranched alkanes of at least 4 members (excludes halogenated alkanes) is 1. The summed E-state index contributed by atoms with van der Waals surface area (Å²) in [6.45, 7) is 3.32. The number of nitrogens with one attached hydrogen (secondary N) is 1. The lowest BCUT2D eigenvalue weighted by molar-refractivity contribution is -0.404. The minimum atomic E-state index is -0.471. The summed E-state index contributed by atoms with van der Waals surface area (Å²) in [6.07, 6.45) is 4.37. The fraction of sp³-hybridized carbons (Fsp3) is 0.800. The van der Waals surface area contributed by atoms with Crippen molar-refractivity contribution in [2.75, 3.05) is 13.1 Å². The van der Waals surface area contributed by atoms with Crippen LogP contribution in [0.4, 0.5) is 0 Å². The molecule has 0 saturated carbocycles. The van der Waals surface area contributed by atoms with Crippen molar-refractivity contribution < 1.29 is 4.92 Å². The van der Waals surface area contributed by atoms with Crippen molar-refractivity contribution in [3.05, 3.63) is 22.0 Å². The topological polar surface area (TPSA) is 107 Å². The van der Waals surface area contributed by atoms with Crippen molar-refractivity contribution in [1.29, 1.82) is 0 Å². The molecule has 1 atom stereocenters. The first kappa shape index (κ1) is 14.9. The molecule has 16 heavy (non-hydrogen) atoms. The summed E-state index contributed by atoms with van der Waals surface area (Å²) in [5, 5.41) is 13.4. The lowest BCUT2D eigenvalue weighted by Gasteiger charge is -2.15. The molecule has 0 radical (unpaired) electrons. The minimum Gasteiger partial charge on any atom is -0.382 e. The largest absolute Gasteiger partial charge is 0.382 e. The molecule has 0 rings (SSSR count). The summed E-state index contributed by atoms with van der Waals surface area (Å²) >= 11 is 0. The van der Waals surface area contributed by atoms with E-state index in [1.807, 2.05) is 6.92 Å². The van der Waals surface area contributed by atoms with Gasteiger partial charge in [-0.15, -0.1) is 0 Å². The van der Waals surface area contributed by atoms with Gasteiger partial charge in [-0.1, -0.05) is 13.3 Å². The van der Waals surface area contributed by atoms with Gasteiger partial charge < -0.3 is 16.8 Å². The average Bonchev–Trinajstić information content (AvgIpc) is 2.23. The zero-order valence-corrected chi connectivity index (χ0v) is 9.82. The van der Waals surface area contributed by atoms with E-state index >= 15 is 0 Å². The molecular weight excluding hydrogens is 208 g/mol. The molecule has 94 valence electrons. The van der Waals surface area contributed by atoms with Gasteiger partial charge >= 0.3 is 0 Å². The monoisotopic (exact) mass is 230 g/mol. The highest BCUT2D eigenvalue weighted by Crippen LogP contribution is 2.05. The molecular formula is C10H22N4O2. The number of nitrogens with zero attached hydrogens (tertiary/aromatic N) is 1. The average molecular weight is 230 g/mol. The van der Waals surface area contributed by atoms with Crippen molar-refractivity contribution in [3.8, 4) is 0 Å². The summed E-state index contributed by atoms with van der Waals surface area (Å²) in [5.41, 5.74) is 11.7. The van der Waals surface area contributed by atoms with E-state index in [1.54, 1.807) is 0 Å². The Bertz CT molecular complexity index is 231. The molecule has 0 aromatic carbocycles. The highest BCUT2D eigenvalue weighted by atomic mass is 16.6. The number of hydrogen-bond acceptors (Lipinski definition) is 5. The van der Waals surface area contributed by atoms with Crippen molar-refractivity contribution in [3.63, 3.8) is 0 Å². The third kappa shape index (κ3) is 7.19. The van der Waals surface area contributed by atoms with Crippen LogP contribution in [0.3, 0.4) is 0 Å². The Balaban J connectivity index is 4.20. The molecule has 1 unspecified atom stereocenters. The van der Waals surface area contributed by atoms with E-state index in [9.17, 15) is 10.1 Å². The van der Waals surface area contributed by atoms with Gasteiger partial charge in [-0.2, -0.15) is 0 Å². The van der Waals surface area contributed by atoms with E-state index < -0.39 is 4.92 Å². The first-order valence-electron chi connectivity index (χ1n) is 5.66. The Labute approximate surface area is 96.2 Å². The van der Waals surface area contributed by atoms with E-state index in [0.29, 0.717) is 25.2 Å². The second kappa shape index (κ2) is 9.11. The molecule has 0 aliphatic heterocycles. The molecule has 0 aromatic rings. The maximum atomic E-state index is 10.4. The van der Waals surface area contributed by atoms with Gasteiger partial charge in [0, 0.05) is 6.54 Å². The Morgan fingerprint density at radius 3 is 2.75 bits per heavy atom. The maximum absolute atomic E-state index is 10.4. The van der Waals surface area contributed by atoms with Crippen LogP contribution in [-0.4, -0.2) is 24.1 Å². The minimum absolute atomic E-state index is 0.302. The third-order valence-electron chi connectivity index (χ3n) is 2.19. The Hall–Kier alpha value is -1.14. The van der Waals surface area contributed by atoms with Gasteiger partial charge in [0.2, 0.25) is 0 Å². The summed E-state index contributed by atoms with van der Waals surface area (Å²) in [7, 11) is 0. The molecule has 5 N–H and O–H groups in total. The Kier molecular flexibility index (Phi) is 8.46. The second-order valence-corrected chi connectivity index (χ2v) is 3.69. The standard InChI is InChI=1S/C10H22N4O2/c1-2-7-13-10(8-14(15)16)9(12)5-3-4-6-11/h8-9,13H,2-7,11-12H2,1H3. The number of hydrogen-bond donors (Lipinski definition) is 3. The van der Waals surface area contributed by atoms with E-state index in [0.717, 1.165) is 25.5 Å². The predicted molar refractivity (Wildman–Crippen MR) is 64.3 cm³/mol. The molecule has 0 heterocycles. The smallest absolute Gasteiger partial charge is 0.254 e. The van der Waals surface area contributed by atoms with Gasteiger partial charge in [-0.3, -0.25) is 10.1 Å². The van der Waals surface area contributed by atoms with Gasteiger partial charge in [0.25, 0.3) is 6.20 Å². The molecule has 0 aliphatic rings. The lowest BCUT2D eigenvalue weighted by Crippen LogP contribution is -2.32. The summed E-state index contributed by atoms with van der Waals surface area (Å²) in [6, 6.07) is -0.302. The van der Waals surface area contributed by atoms with Crippen molar-refractivity contribution >= 4 is 0 Å². The molecule has 0 spiro atoms. The van der Waals surface area contributed by atoms with Gasteiger partial charge in [0.1, 0.15) is 0 Å². The normalized spacial score (nSPS) is 13.6. The van der Waals surface area contributed by atoms with E-state index in [1.165, 1.54) is 0 Å². The van der Waals surface area contributed by atoms with Crippen molar-refractivity contribution in [2.24, 2.45) is 11.5 Å². The molecule has 6 nitrogen and oxygen atoms in total. The second-order valence-electron chi connectivity index (χ2n) is 3.69. The number of nitrogens with two attached hydrogens (primary N) is 2. The van der Waals surface area contributed by atoms with E-state index in [-0.39, 0.29) is 6.04 Å². The molecule has 6 heteroatoms. The Morgan fingerprint density at radius 1 is 1.56 bits per heavy atom. The predicted octanol–water partition coefficient (Wildman–Crippen LogP) is 0.560. The lowest BCUT2D eigenvalue weighted by atomic mass is 10.1. The maximum Gasteiger partial charge on any atom is 0.254 e. The van der Waals surface area contributed by atoms with Crippen LogP contribution in [0.1, 0.15) is 32.6 Å². The summed E-state index contributed by atoms with van der Waals surface area (Å²) in [5.74, 6) is 0. The van der Waals surface area contributed by atoms with Crippen molar-refractivity contribution in [2.45, 2.75) is 38.6 Å². The zero-order chi connectivity index (χ0) is 12.4. The highest BCUT2D eigenvalue weighted by molar-refractivity contribution is 5.04. The van der Waals surface area contributed by atoms with Crippen LogP contribution < -0.4 is 16.8 Å². The zero-order valence-electron chi connectivity index (χ0n) is 9.82. The van der Waals surface area contributed by atoms with E-state index in [4.69, 9.17) is 11.5 Å². The van der Waals surface area contributed by atoms with Gasteiger partial charge in [0.15, 0.2) is 0 Å². The number of nitro groups is 1. The van der Waals surface area contributed by atoms with Crippen LogP contribution >= 0.6 is 0 Å². The summed E-state index contributed by atoms with van der Waals surface area (Å²) in [4.78, 5) is 9.95. The first-order chi connectivity index (χ1) is 7.61. The van der Waals surface area contributed by atoms with Crippen molar-refractivity contribution in [1.82, 2.24) is 5.32 Å². The van der Waals surface area contributed by atoms with Crippen LogP contribution in [0.2, 0.25) is 0 Å². The summed E-state index contributed by atoms with van der Waals surface area (Å²) < 4.78 is 0. The molecule has 0 saturated heterocycles. The van der Waals surface area contributed by atoms with Gasteiger partial charge in [0.05, 0.1) is 16.7 Å².